The zero-order valence-electron chi connectivity index (χ0n) is 27.0. The fourth-order valence-electron chi connectivity index (χ4n) is 6.20. The third-order valence-corrected chi connectivity index (χ3v) is 8.86. The van der Waals surface area contributed by atoms with Crippen molar-refractivity contribution in [3.63, 3.8) is 0 Å². The SMILES string of the molecule is COc1ccc(N(C(=O)O)C(C(=O)N2CCCC2C#N)c2ccc(OCCCC3CCN(c4nc(C(C)C)no4)CC3)cc2F)cc1. The summed E-state index contributed by atoms with van der Waals surface area (Å²) in [7, 11) is 1.48. The zero-order chi connectivity index (χ0) is 33.5. The first-order chi connectivity index (χ1) is 22.7. The van der Waals surface area contributed by atoms with Crippen LogP contribution in [0.15, 0.2) is 47.0 Å². The number of rotatable bonds is 12. The van der Waals surface area contributed by atoms with Gasteiger partial charge in [0, 0.05) is 42.9 Å². The Morgan fingerprint density at radius 3 is 2.47 bits per heavy atom. The molecule has 2 fully saturated rings. The van der Waals surface area contributed by atoms with Crippen molar-refractivity contribution in [2.75, 3.05) is 43.2 Å². The van der Waals surface area contributed by atoms with Gasteiger partial charge < -0.3 is 28.9 Å². The maximum atomic E-state index is 15.8. The molecule has 2 saturated heterocycles. The van der Waals surface area contributed by atoms with Crippen LogP contribution in [0, 0.1) is 23.1 Å². The van der Waals surface area contributed by atoms with E-state index >= 15 is 4.39 Å². The van der Waals surface area contributed by atoms with E-state index in [0.717, 1.165) is 43.7 Å². The van der Waals surface area contributed by atoms with Crippen LogP contribution in [0.4, 0.5) is 20.9 Å². The fraction of sp³-hybridized carbons (Fsp3) is 0.500. The van der Waals surface area contributed by atoms with Gasteiger partial charge in [-0.3, -0.25) is 9.69 Å². The molecule has 1 N–H and O–H groups in total. The molecule has 0 aliphatic carbocycles. The molecule has 0 spiro atoms. The van der Waals surface area contributed by atoms with Crippen LogP contribution < -0.4 is 19.3 Å². The van der Waals surface area contributed by atoms with Crippen LogP contribution in [0.3, 0.4) is 0 Å². The smallest absolute Gasteiger partial charge is 0.412 e. The molecule has 0 bridgehead atoms. The quantitative estimate of drug-likeness (QED) is 0.227. The number of halogens is 1. The summed E-state index contributed by atoms with van der Waals surface area (Å²) in [5.41, 5.74) is 0.0324. The van der Waals surface area contributed by atoms with E-state index in [4.69, 9.17) is 14.0 Å². The number of carbonyl (C=O) groups excluding carboxylic acids is 1. The van der Waals surface area contributed by atoms with Gasteiger partial charge in [-0.1, -0.05) is 19.0 Å². The first-order valence-electron chi connectivity index (χ1n) is 16.1. The lowest BCUT2D eigenvalue weighted by atomic mass is 9.92. The van der Waals surface area contributed by atoms with E-state index in [1.807, 2.05) is 13.8 Å². The Hall–Kier alpha value is -4.86. The van der Waals surface area contributed by atoms with Crippen molar-refractivity contribution in [2.24, 2.45) is 5.92 Å². The Balaban J connectivity index is 1.24. The summed E-state index contributed by atoms with van der Waals surface area (Å²) in [6.45, 7) is 6.40. The first kappa shape index (κ1) is 33.5. The second-order valence-electron chi connectivity index (χ2n) is 12.3. The molecule has 1 aromatic heterocycles. The number of anilines is 2. The van der Waals surface area contributed by atoms with Gasteiger partial charge >= 0.3 is 12.1 Å². The average molecular weight is 649 g/mol. The van der Waals surface area contributed by atoms with Gasteiger partial charge in [0.05, 0.1) is 19.8 Å². The van der Waals surface area contributed by atoms with Crippen LogP contribution in [0.25, 0.3) is 0 Å². The number of nitriles is 1. The number of carbonyl (C=O) groups is 2. The molecule has 12 nitrogen and oxygen atoms in total. The Labute approximate surface area is 273 Å². The molecule has 250 valence electrons. The highest BCUT2D eigenvalue weighted by Gasteiger charge is 2.41. The Morgan fingerprint density at radius 1 is 1.13 bits per heavy atom. The predicted molar refractivity (Wildman–Crippen MR) is 171 cm³/mol. The Morgan fingerprint density at radius 2 is 1.85 bits per heavy atom. The number of amides is 2. The normalized spacial score (nSPS) is 17.4. The molecule has 2 amide bonds. The van der Waals surface area contributed by atoms with Crippen LogP contribution in [0.2, 0.25) is 0 Å². The summed E-state index contributed by atoms with van der Waals surface area (Å²) in [4.78, 5) is 35.3. The van der Waals surface area contributed by atoms with E-state index in [0.29, 0.717) is 43.0 Å². The highest BCUT2D eigenvalue weighted by atomic mass is 19.1. The molecule has 2 aliphatic heterocycles. The lowest BCUT2D eigenvalue weighted by Gasteiger charge is -2.33. The summed E-state index contributed by atoms with van der Waals surface area (Å²) < 4.78 is 32.3. The number of ether oxygens (including phenoxy) is 2. The van der Waals surface area contributed by atoms with Crippen molar-refractivity contribution in [1.29, 1.82) is 5.26 Å². The van der Waals surface area contributed by atoms with E-state index < -0.39 is 29.9 Å². The predicted octanol–water partition coefficient (Wildman–Crippen LogP) is 6.16. The van der Waals surface area contributed by atoms with Crippen molar-refractivity contribution in [1.82, 2.24) is 15.0 Å². The van der Waals surface area contributed by atoms with E-state index in [2.05, 4.69) is 21.1 Å². The second-order valence-corrected chi connectivity index (χ2v) is 12.3. The highest BCUT2D eigenvalue weighted by Crippen LogP contribution is 2.35. The molecule has 3 aromatic rings. The van der Waals surface area contributed by atoms with Crippen molar-refractivity contribution in [2.45, 2.75) is 70.4 Å². The summed E-state index contributed by atoms with van der Waals surface area (Å²) in [6, 6.07) is 10.6. The molecule has 0 radical (unpaired) electrons. The monoisotopic (exact) mass is 648 g/mol. The molecule has 2 aromatic carbocycles. The number of aromatic nitrogens is 2. The number of likely N-dealkylation sites (tertiary alicyclic amines) is 1. The Kier molecular flexibility index (Phi) is 10.8. The molecular formula is C34H41FN6O6. The number of hydrogen-bond donors (Lipinski definition) is 1. The minimum Gasteiger partial charge on any atom is -0.497 e. The molecule has 3 heterocycles. The molecule has 2 unspecified atom stereocenters. The Bertz CT molecular complexity index is 1570. The van der Waals surface area contributed by atoms with Crippen molar-refractivity contribution in [3.05, 3.63) is 59.7 Å². The fourth-order valence-corrected chi connectivity index (χ4v) is 6.20. The molecule has 2 atom stereocenters. The van der Waals surface area contributed by atoms with E-state index in [-0.39, 0.29) is 29.5 Å². The first-order valence-corrected chi connectivity index (χ1v) is 16.1. The van der Waals surface area contributed by atoms with Crippen LogP contribution in [0.5, 0.6) is 11.5 Å². The summed E-state index contributed by atoms with van der Waals surface area (Å²) >= 11 is 0. The summed E-state index contributed by atoms with van der Waals surface area (Å²) in [6.07, 6.45) is 3.35. The van der Waals surface area contributed by atoms with Crippen molar-refractivity contribution < 1.29 is 33.1 Å². The number of nitrogens with zero attached hydrogens (tertiary/aromatic N) is 6. The van der Waals surface area contributed by atoms with Gasteiger partial charge in [-0.05, 0) is 80.8 Å². The summed E-state index contributed by atoms with van der Waals surface area (Å²) in [5.74, 6) is 0.787. The maximum Gasteiger partial charge on any atom is 0.412 e. The van der Waals surface area contributed by atoms with Crippen molar-refractivity contribution >= 4 is 23.7 Å². The summed E-state index contributed by atoms with van der Waals surface area (Å²) in [5, 5.41) is 24.0. The van der Waals surface area contributed by atoms with Crippen LogP contribution >= 0.6 is 0 Å². The number of hydrogen-bond acceptors (Lipinski definition) is 9. The van der Waals surface area contributed by atoms with Gasteiger partial charge in [0.15, 0.2) is 5.82 Å². The molecular weight excluding hydrogens is 607 g/mol. The topological polar surface area (TPSA) is 145 Å². The lowest BCUT2D eigenvalue weighted by molar-refractivity contribution is -0.132. The van der Waals surface area contributed by atoms with Gasteiger partial charge in [-0.25, -0.2) is 9.18 Å². The number of benzene rings is 2. The van der Waals surface area contributed by atoms with E-state index in [1.54, 1.807) is 18.2 Å². The van der Waals surface area contributed by atoms with E-state index in [1.165, 1.54) is 36.3 Å². The minimum absolute atomic E-state index is 0.127. The molecule has 13 heteroatoms. The maximum absolute atomic E-state index is 15.8. The standard InChI is InChI=1S/C34H41FN6O6/c1-22(2)31-37-33(47-38-31)39-17-14-23(15-18-39)6-5-19-46-27-12-13-28(29(35)20-27)30(32(42)40-16-4-7-25(40)21-36)41(34(43)44)24-8-10-26(45-3)11-9-24/h8-13,20,22-23,25,30H,4-7,14-19H2,1-3H3,(H,43,44). The largest absolute Gasteiger partial charge is 0.497 e. The minimum atomic E-state index is -1.56. The lowest BCUT2D eigenvalue weighted by Crippen LogP contribution is -2.47. The number of piperidine rings is 1. The van der Waals surface area contributed by atoms with Gasteiger partial charge in [0.2, 0.25) is 0 Å². The molecule has 2 aliphatic rings. The van der Waals surface area contributed by atoms with Gasteiger partial charge in [0.25, 0.3) is 5.91 Å². The number of carboxylic acid groups (broad SMARTS) is 1. The van der Waals surface area contributed by atoms with Crippen molar-refractivity contribution in [3.8, 4) is 17.6 Å². The van der Waals surface area contributed by atoms with E-state index in [9.17, 15) is 20.0 Å². The van der Waals surface area contributed by atoms with Crippen LogP contribution in [-0.4, -0.2) is 71.5 Å². The second kappa shape index (κ2) is 15.2. The highest BCUT2D eigenvalue weighted by molar-refractivity contribution is 5.97. The molecule has 0 saturated carbocycles. The number of methoxy groups -OCH3 is 1. The van der Waals surface area contributed by atoms with Crippen LogP contribution in [0.1, 0.15) is 75.7 Å². The van der Waals surface area contributed by atoms with Gasteiger partial charge in [-0.2, -0.15) is 10.2 Å². The van der Waals surface area contributed by atoms with Gasteiger partial charge in [0.1, 0.15) is 29.4 Å². The third-order valence-electron chi connectivity index (χ3n) is 8.86. The third kappa shape index (κ3) is 7.76. The molecule has 5 rings (SSSR count). The van der Waals surface area contributed by atoms with Gasteiger partial charge in [-0.15, -0.1) is 0 Å². The zero-order valence-corrected chi connectivity index (χ0v) is 27.0. The van der Waals surface area contributed by atoms with Crippen LogP contribution in [-0.2, 0) is 4.79 Å². The average Bonchev–Trinajstić information content (AvgIpc) is 3.77. The molecule has 47 heavy (non-hydrogen) atoms.